The molecular formula is C18H34N2. The lowest BCUT2D eigenvalue weighted by Crippen LogP contribution is -2.57. The van der Waals surface area contributed by atoms with Gasteiger partial charge in [-0.25, -0.2) is 0 Å². The molecule has 4 atom stereocenters. The van der Waals surface area contributed by atoms with Crippen LogP contribution in [0.1, 0.15) is 65.2 Å². The molecule has 3 aliphatic rings. The van der Waals surface area contributed by atoms with Crippen molar-refractivity contribution >= 4 is 0 Å². The second kappa shape index (κ2) is 5.28. The SMILES string of the molecule is CN(CC1CC2CCC1C2)C1(CN)CCCC(C)(C)C1. The van der Waals surface area contributed by atoms with Crippen LogP contribution in [0.5, 0.6) is 0 Å². The predicted molar refractivity (Wildman–Crippen MR) is 85.6 cm³/mol. The Balaban J connectivity index is 1.66. The maximum Gasteiger partial charge on any atom is 0.0333 e. The lowest BCUT2D eigenvalue weighted by Gasteiger charge is -2.50. The molecule has 3 rings (SSSR count). The van der Waals surface area contributed by atoms with E-state index in [2.05, 4.69) is 25.8 Å². The maximum absolute atomic E-state index is 6.27. The number of hydrogen-bond acceptors (Lipinski definition) is 2. The van der Waals surface area contributed by atoms with E-state index in [4.69, 9.17) is 5.73 Å². The molecule has 116 valence electrons. The molecule has 3 fully saturated rings. The van der Waals surface area contributed by atoms with Crippen LogP contribution in [0, 0.1) is 23.2 Å². The van der Waals surface area contributed by atoms with Crippen LogP contribution in [0.3, 0.4) is 0 Å². The third-order valence-corrected chi connectivity index (χ3v) is 6.89. The van der Waals surface area contributed by atoms with Crippen molar-refractivity contribution in [2.45, 2.75) is 70.8 Å². The Bertz CT molecular complexity index is 351. The molecular weight excluding hydrogens is 244 g/mol. The molecule has 0 spiro atoms. The van der Waals surface area contributed by atoms with Crippen molar-refractivity contribution in [1.29, 1.82) is 0 Å². The smallest absolute Gasteiger partial charge is 0.0333 e. The summed E-state index contributed by atoms with van der Waals surface area (Å²) in [5, 5.41) is 0. The zero-order chi connectivity index (χ0) is 14.4. The molecule has 20 heavy (non-hydrogen) atoms. The molecule has 0 heterocycles. The lowest BCUT2D eigenvalue weighted by molar-refractivity contribution is 0.0127. The largest absolute Gasteiger partial charge is 0.329 e. The topological polar surface area (TPSA) is 29.3 Å². The summed E-state index contributed by atoms with van der Waals surface area (Å²) >= 11 is 0. The fourth-order valence-corrected chi connectivity index (χ4v) is 5.76. The molecule has 4 unspecified atom stereocenters. The van der Waals surface area contributed by atoms with Crippen LogP contribution in [-0.4, -0.2) is 30.6 Å². The summed E-state index contributed by atoms with van der Waals surface area (Å²) in [6, 6.07) is 0. The van der Waals surface area contributed by atoms with E-state index in [0.717, 1.165) is 24.3 Å². The molecule has 2 bridgehead atoms. The minimum atomic E-state index is 0.281. The predicted octanol–water partition coefficient (Wildman–Crippen LogP) is 3.65. The van der Waals surface area contributed by atoms with Gasteiger partial charge in [-0.3, -0.25) is 4.90 Å². The normalized spacial score (nSPS) is 43.4. The molecule has 0 aliphatic heterocycles. The van der Waals surface area contributed by atoms with Crippen LogP contribution in [0.2, 0.25) is 0 Å². The first-order valence-electron chi connectivity index (χ1n) is 8.85. The van der Waals surface area contributed by atoms with Crippen LogP contribution in [0.4, 0.5) is 0 Å². The molecule has 0 aromatic heterocycles. The Hall–Kier alpha value is -0.0800. The minimum Gasteiger partial charge on any atom is -0.329 e. The van der Waals surface area contributed by atoms with Gasteiger partial charge in [0, 0.05) is 18.6 Å². The van der Waals surface area contributed by atoms with Crippen LogP contribution in [0.15, 0.2) is 0 Å². The van der Waals surface area contributed by atoms with E-state index in [1.807, 2.05) is 0 Å². The average Bonchev–Trinajstić information content (AvgIpc) is 2.99. The molecule has 0 aromatic carbocycles. The van der Waals surface area contributed by atoms with Gasteiger partial charge in [0.1, 0.15) is 0 Å². The van der Waals surface area contributed by atoms with Gasteiger partial charge in [0.25, 0.3) is 0 Å². The van der Waals surface area contributed by atoms with Gasteiger partial charge in [-0.15, -0.1) is 0 Å². The van der Waals surface area contributed by atoms with Crippen molar-refractivity contribution in [3.05, 3.63) is 0 Å². The zero-order valence-corrected chi connectivity index (χ0v) is 13.8. The Morgan fingerprint density at radius 2 is 1.95 bits per heavy atom. The van der Waals surface area contributed by atoms with Crippen LogP contribution < -0.4 is 5.73 Å². The third kappa shape index (κ3) is 2.66. The fourth-order valence-electron chi connectivity index (χ4n) is 5.76. The van der Waals surface area contributed by atoms with Crippen molar-refractivity contribution in [2.75, 3.05) is 20.1 Å². The van der Waals surface area contributed by atoms with Crippen molar-refractivity contribution in [2.24, 2.45) is 28.9 Å². The van der Waals surface area contributed by atoms with Crippen molar-refractivity contribution < 1.29 is 0 Å². The molecule has 0 amide bonds. The standard InChI is InChI=1S/C18H34N2/c1-17(2)7-4-8-18(12-17,13-19)20(3)11-16-10-14-5-6-15(16)9-14/h14-16H,4-13,19H2,1-3H3. The first-order valence-corrected chi connectivity index (χ1v) is 8.85. The minimum absolute atomic E-state index is 0.281. The highest BCUT2D eigenvalue weighted by molar-refractivity contribution is 5.00. The van der Waals surface area contributed by atoms with E-state index in [-0.39, 0.29) is 5.54 Å². The van der Waals surface area contributed by atoms with Gasteiger partial charge < -0.3 is 5.73 Å². The molecule has 2 heteroatoms. The zero-order valence-electron chi connectivity index (χ0n) is 13.8. The van der Waals surface area contributed by atoms with Gasteiger partial charge in [0.2, 0.25) is 0 Å². The fraction of sp³-hybridized carbons (Fsp3) is 1.00. The lowest BCUT2D eigenvalue weighted by atomic mass is 9.67. The molecule has 0 radical (unpaired) electrons. The average molecular weight is 278 g/mol. The van der Waals surface area contributed by atoms with E-state index < -0.39 is 0 Å². The van der Waals surface area contributed by atoms with Gasteiger partial charge in [0.15, 0.2) is 0 Å². The second-order valence-electron chi connectivity index (χ2n) is 8.94. The molecule has 0 aromatic rings. The van der Waals surface area contributed by atoms with Gasteiger partial charge in [0.05, 0.1) is 0 Å². The summed E-state index contributed by atoms with van der Waals surface area (Å²) in [6.07, 6.45) is 11.4. The highest BCUT2D eigenvalue weighted by atomic mass is 15.2. The number of nitrogens with two attached hydrogens (primary N) is 1. The Kier molecular flexibility index (Phi) is 3.92. The van der Waals surface area contributed by atoms with Crippen LogP contribution >= 0.6 is 0 Å². The Labute approximate surface area is 125 Å². The van der Waals surface area contributed by atoms with Gasteiger partial charge in [-0.05, 0) is 68.7 Å². The van der Waals surface area contributed by atoms with Crippen LogP contribution in [0.25, 0.3) is 0 Å². The number of rotatable bonds is 4. The van der Waals surface area contributed by atoms with Crippen molar-refractivity contribution in [3.8, 4) is 0 Å². The molecule has 2 nitrogen and oxygen atoms in total. The first-order chi connectivity index (χ1) is 9.44. The summed E-state index contributed by atoms with van der Waals surface area (Å²) < 4.78 is 0. The van der Waals surface area contributed by atoms with Gasteiger partial charge >= 0.3 is 0 Å². The Morgan fingerprint density at radius 3 is 2.50 bits per heavy atom. The quantitative estimate of drug-likeness (QED) is 0.850. The first kappa shape index (κ1) is 14.8. The molecule has 3 aliphatic carbocycles. The highest BCUT2D eigenvalue weighted by Gasteiger charge is 2.45. The molecule has 2 N–H and O–H groups in total. The van der Waals surface area contributed by atoms with Crippen LogP contribution in [-0.2, 0) is 0 Å². The number of likely N-dealkylation sites (N-methyl/N-ethyl adjacent to an activating group) is 1. The summed E-state index contributed by atoms with van der Waals surface area (Å²) in [5.74, 6) is 3.07. The van der Waals surface area contributed by atoms with E-state index >= 15 is 0 Å². The molecule has 3 saturated carbocycles. The second-order valence-corrected chi connectivity index (χ2v) is 8.94. The summed E-state index contributed by atoms with van der Waals surface area (Å²) in [5.41, 5.74) is 7.02. The van der Waals surface area contributed by atoms with E-state index in [0.29, 0.717) is 5.41 Å². The van der Waals surface area contributed by atoms with Gasteiger partial charge in [-0.1, -0.05) is 26.7 Å². The summed E-state index contributed by atoms with van der Waals surface area (Å²) in [4.78, 5) is 2.68. The molecule has 0 saturated heterocycles. The monoisotopic (exact) mass is 278 g/mol. The van der Waals surface area contributed by atoms with E-state index in [1.54, 1.807) is 0 Å². The Morgan fingerprint density at radius 1 is 1.15 bits per heavy atom. The van der Waals surface area contributed by atoms with E-state index in [1.165, 1.54) is 57.9 Å². The van der Waals surface area contributed by atoms with E-state index in [9.17, 15) is 0 Å². The number of fused-ring (bicyclic) bond motifs is 2. The maximum atomic E-state index is 6.27. The van der Waals surface area contributed by atoms with Gasteiger partial charge in [-0.2, -0.15) is 0 Å². The number of nitrogens with zero attached hydrogens (tertiary/aromatic N) is 1. The van der Waals surface area contributed by atoms with Crippen molar-refractivity contribution in [1.82, 2.24) is 4.90 Å². The van der Waals surface area contributed by atoms with Crippen molar-refractivity contribution in [3.63, 3.8) is 0 Å². The third-order valence-electron chi connectivity index (χ3n) is 6.89. The highest BCUT2D eigenvalue weighted by Crippen LogP contribution is 2.50. The number of hydrogen-bond donors (Lipinski definition) is 1. The summed E-state index contributed by atoms with van der Waals surface area (Å²) in [6.45, 7) is 7.01. The summed E-state index contributed by atoms with van der Waals surface area (Å²) in [7, 11) is 2.36.